The van der Waals surface area contributed by atoms with E-state index in [1.165, 1.54) is 26.5 Å². The van der Waals surface area contributed by atoms with Crippen LogP contribution in [0.15, 0.2) is 29.4 Å². The maximum Gasteiger partial charge on any atom is 0.356 e. The highest BCUT2D eigenvalue weighted by Gasteiger charge is 2.25. The lowest BCUT2D eigenvalue weighted by atomic mass is 10.1. The quantitative estimate of drug-likeness (QED) is 0.646. The zero-order valence-electron chi connectivity index (χ0n) is 18.1. The van der Waals surface area contributed by atoms with Crippen molar-refractivity contribution in [3.63, 3.8) is 0 Å². The minimum atomic E-state index is -0.814. The molecule has 2 heterocycles. The number of esters is 2. The third-order valence-corrected chi connectivity index (χ3v) is 3.90. The maximum absolute atomic E-state index is 12.3. The van der Waals surface area contributed by atoms with Crippen molar-refractivity contribution in [3.05, 3.63) is 36.6 Å². The number of carbonyl (C=O) groups is 2. The van der Waals surface area contributed by atoms with Gasteiger partial charge in [-0.3, -0.25) is 0 Å². The summed E-state index contributed by atoms with van der Waals surface area (Å²) in [5.41, 5.74) is 1.37. The monoisotopic (exact) mass is 417 g/mol. The van der Waals surface area contributed by atoms with Crippen LogP contribution in [-0.2, 0) is 19.0 Å². The molecule has 0 spiro atoms. The topological polar surface area (TPSA) is 113 Å². The van der Waals surface area contributed by atoms with Crippen LogP contribution in [0.3, 0.4) is 0 Å². The fraction of sp³-hybridized carbons (Fsp3) is 0.429. The van der Waals surface area contributed by atoms with Crippen molar-refractivity contribution in [2.45, 2.75) is 39.3 Å². The van der Waals surface area contributed by atoms with Gasteiger partial charge in [0.25, 0.3) is 0 Å². The number of carbonyl (C=O) groups excluding carboxylic acids is 2. The number of allylic oxidation sites excluding steroid dienone is 1. The van der Waals surface area contributed by atoms with Gasteiger partial charge in [0.05, 0.1) is 32.1 Å². The van der Waals surface area contributed by atoms with Crippen LogP contribution in [0.25, 0.3) is 17.0 Å². The van der Waals surface area contributed by atoms with E-state index in [1.807, 2.05) is 20.8 Å². The molecule has 162 valence electrons. The number of ether oxygens (including phenoxy) is 3. The van der Waals surface area contributed by atoms with Gasteiger partial charge in [0.15, 0.2) is 0 Å². The van der Waals surface area contributed by atoms with Crippen LogP contribution < -0.4 is 5.32 Å². The Balaban J connectivity index is 2.46. The number of hydrogen-bond acceptors (Lipinski definition) is 9. The first-order chi connectivity index (χ1) is 14.1. The van der Waals surface area contributed by atoms with Crippen molar-refractivity contribution in [3.8, 4) is 11.4 Å². The van der Waals surface area contributed by atoms with Gasteiger partial charge in [-0.2, -0.15) is 0 Å². The normalized spacial score (nSPS) is 12.2. The maximum atomic E-state index is 12.3. The second kappa shape index (κ2) is 9.53. The summed E-state index contributed by atoms with van der Waals surface area (Å²) < 4.78 is 20.8. The van der Waals surface area contributed by atoms with E-state index in [0.717, 1.165) is 0 Å². The molecule has 0 aromatic carbocycles. The van der Waals surface area contributed by atoms with Gasteiger partial charge in [0, 0.05) is 5.57 Å². The largest absolute Gasteiger partial charge is 0.467 e. The van der Waals surface area contributed by atoms with Crippen LogP contribution in [0.4, 0.5) is 5.69 Å². The number of anilines is 1. The minimum Gasteiger partial charge on any atom is -0.467 e. The second-order valence-corrected chi connectivity index (χ2v) is 7.55. The zero-order chi connectivity index (χ0) is 22.5. The van der Waals surface area contributed by atoms with Crippen LogP contribution in [0, 0.1) is 0 Å². The Morgan fingerprint density at radius 2 is 1.90 bits per heavy atom. The molecule has 1 N–H and O–H groups in total. The Bertz CT molecular complexity index is 929. The molecule has 0 unspecified atom stereocenters. The molecule has 0 bridgehead atoms. The average Bonchev–Trinajstić information content (AvgIpc) is 3.19. The number of hydrogen-bond donors (Lipinski definition) is 1. The van der Waals surface area contributed by atoms with Gasteiger partial charge in [0.1, 0.15) is 29.4 Å². The molecule has 0 aliphatic rings. The summed E-state index contributed by atoms with van der Waals surface area (Å²) >= 11 is 0. The standard InChI is InChI=1S/C21H27N3O6/c1-12(2)18-24-15(10-29-18)17-13(8-9-14(23-17)19(25)27-6)22-16(20(26)28-7)11-30-21(3,4)5/h8-10,16,22H,1,11H2,2-7H3/t16-/m0/s1. The molecule has 9 nitrogen and oxygen atoms in total. The van der Waals surface area contributed by atoms with Crippen molar-refractivity contribution >= 4 is 23.2 Å². The van der Waals surface area contributed by atoms with Gasteiger partial charge in [-0.05, 0) is 39.8 Å². The molecule has 0 aliphatic heterocycles. The predicted molar refractivity (Wildman–Crippen MR) is 111 cm³/mol. The fourth-order valence-corrected chi connectivity index (χ4v) is 2.40. The van der Waals surface area contributed by atoms with Crippen molar-refractivity contribution in [1.82, 2.24) is 9.97 Å². The summed E-state index contributed by atoms with van der Waals surface area (Å²) in [6.45, 7) is 11.3. The van der Waals surface area contributed by atoms with Gasteiger partial charge < -0.3 is 23.9 Å². The number of nitrogens with zero attached hydrogens (tertiary/aromatic N) is 2. The molecule has 1 atom stereocenters. The molecule has 2 rings (SSSR count). The lowest BCUT2D eigenvalue weighted by Crippen LogP contribution is -2.38. The van der Waals surface area contributed by atoms with Crippen LogP contribution in [0.5, 0.6) is 0 Å². The third-order valence-electron chi connectivity index (χ3n) is 3.90. The predicted octanol–water partition coefficient (Wildman–Crippen LogP) is 3.32. The van der Waals surface area contributed by atoms with Gasteiger partial charge in [-0.1, -0.05) is 6.58 Å². The molecule has 9 heteroatoms. The number of nitrogens with one attached hydrogen (secondary N) is 1. The molecular formula is C21H27N3O6. The van der Waals surface area contributed by atoms with Crippen LogP contribution >= 0.6 is 0 Å². The Morgan fingerprint density at radius 1 is 1.20 bits per heavy atom. The van der Waals surface area contributed by atoms with Crippen molar-refractivity contribution in [2.75, 3.05) is 26.1 Å². The van der Waals surface area contributed by atoms with Crippen molar-refractivity contribution < 1.29 is 28.2 Å². The molecule has 2 aromatic rings. The highest BCUT2D eigenvalue weighted by atomic mass is 16.5. The average molecular weight is 417 g/mol. The third kappa shape index (κ3) is 5.90. The van der Waals surface area contributed by atoms with Gasteiger partial charge in [-0.25, -0.2) is 19.6 Å². The van der Waals surface area contributed by atoms with E-state index in [1.54, 1.807) is 13.0 Å². The Morgan fingerprint density at radius 3 is 2.43 bits per heavy atom. The van der Waals surface area contributed by atoms with Crippen molar-refractivity contribution in [1.29, 1.82) is 0 Å². The molecular weight excluding hydrogens is 390 g/mol. The number of oxazole rings is 1. The van der Waals surface area contributed by atoms with E-state index in [4.69, 9.17) is 18.6 Å². The molecule has 0 radical (unpaired) electrons. The summed E-state index contributed by atoms with van der Waals surface area (Å²) in [7, 11) is 2.56. The minimum absolute atomic E-state index is 0.0597. The van der Waals surface area contributed by atoms with E-state index in [2.05, 4.69) is 21.9 Å². The fourth-order valence-electron chi connectivity index (χ4n) is 2.40. The Kier molecular flexibility index (Phi) is 7.33. The van der Waals surface area contributed by atoms with E-state index >= 15 is 0 Å². The van der Waals surface area contributed by atoms with Crippen LogP contribution in [0.1, 0.15) is 44.1 Å². The van der Waals surface area contributed by atoms with Gasteiger partial charge in [0.2, 0.25) is 5.89 Å². The summed E-state index contributed by atoms with van der Waals surface area (Å²) in [4.78, 5) is 33.0. The van der Waals surface area contributed by atoms with Gasteiger partial charge in [-0.15, -0.1) is 0 Å². The highest BCUT2D eigenvalue weighted by molar-refractivity contribution is 5.90. The molecule has 0 saturated heterocycles. The Hall–Kier alpha value is -3.20. The molecule has 0 fully saturated rings. The molecule has 0 amide bonds. The Labute approximate surface area is 175 Å². The number of pyridine rings is 1. The summed E-state index contributed by atoms with van der Waals surface area (Å²) in [6, 6.07) is 2.28. The van der Waals surface area contributed by atoms with Crippen LogP contribution in [-0.4, -0.2) is 54.4 Å². The lowest BCUT2D eigenvalue weighted by Gasteiger charge is -2.25. The van der Waals surface area contributed by atoms with Crippen molar-refractivity contribution in [2.24, 2.45) is 0 Å². The number of aromatic nitrogens is 2. The summed E-state index contributed by atoms with van der Waals surface area (Å²) in [5.74, 6) is -0.779. The van der Waals surface area contributed by atoms with E-state index in [-0.39, 0.29) is 12.3 Å². The lowest BCUT2D eigenvalue weighted by molar-refractivity contribution is -0.144. The molecule has 0 saturated carbocycles. The number of rotatable bonds is 8. The first kappa shape index (κ1) is 23.1. The molecule has 0 aliphatic carbocycles. The van der Waals surface area contributed by atoms with E-state index in [9.17, 15) is 9.59 Å². The molecule has 30 heavy (non-hydrogen) atoms. The summed E-state index contributed by atoms with van der Waals surface area (Å²) in [5, 5.41) is 3.07. The zero-order valence-corrected chi connectivity index (χ0v) is 18.1. The second-order valence-electron chi connectivity index (χ2n) is 7.55. The number of methoxy groups -OCH3 is 2. The van der Waals surface area contributed by atoms with E-state index < -0.39 is 23.6 Å². The first-order valence-electron chi connectivity index (χ1n) is 9.25. The molecule has 2 aromatic heterocycles. The summed E-state index contributed by atoms with van der Waals surface area (Å²) in [6.07, 6.45) is 1.40. The van der Waals surface area contributed by atoms with E-state index in [0.29, 0.717) is 28.5 Å². The SMILES string of the molecule is C=C(C)c1nc(-c2nc(C(=O)OC)ccc2N[C@@H](COC(C)(C)C)C(=O)OC)co1. The first-order valence-corrected chi connectivity index (χ1v) is 9.25. The highest BCUT2D eigenvalue weighted by Crippen LogP contribution is 2.28. The van der Waals surface area contributed by atoms with Gasteiger partial charge >= 0.3 is 11.9 Å². The smallest absolute Gasteiger partial charge is 0.356 e. The van der Waals surface area contributed by atoms with Crippen LogP contribution in [0.2, 0.25) is 0 Å².